The summed E-state index contributed by atoms with van der Waals surface area (Å²) in [4.78, 5) is 18.8. The van der Waals surface area contributed by atoms with Gasteiger partial charge in [0.1, 0.15) is 6.04 Å². The predicted octanol–water partition coefficient (Wildman–Crippen LogP) is 3.17. The molecule has 0 spiro atoms. The maximum atomic E-state index is 13.1. The van der Waals surface area contributed by atoms with Crippen molar-refractivity contribution in [2.75, 3.05) is 17.6 Å². The molecule has 2 aromatic carbocycles. The molecule has 164 valence electrons. The molecule has 0 aliphatic carbocycles. The Kier molecular flexibility index (Phi) is 6.45. The van der Waals surface area contributed by atoms with Crippen LogP contribution in [0.4, 0.5) is 5.69 Å². The lowest BCUT2D eigenvalue weighted by molar-refractivity contribution is -0.131. The average Bonchev–Trinajstić information content (AvgIpc) is 3.18. The predicted molar refractivity (Wildman–Crippen MR) is 119 cm³/mol. The summed E-state index contributed by atoms with van der Waals surface area (Å²) in [5, 5.41) is 3.96. The van der Waals surface area contributed by atoms with Crippen LogP contribution >= 0.6 is 0 Å². The Morgan fingerprint density at radius 3 is 2.45 bits per heavy atom. The Bertz CT molecular complexity index is 1180. The lowest BCUT2D eigenvalue weighted by atomic mass is 10.1. The summed E-state index contributed by atoms with van der Waals surface area (Å²) in [6.45, 7) is 5.33. The number of nitrogens with zero attached hydrogens (tertiary/aromatic N) is 4. The van der Waals surface area contributed by atoms with E-state index in [2.05, 4.69) is 10.1 Å². The van der Waals surface area contributed by atoms with Gasteiger partial charge in [-0.15, -0.1) is 0 Å². The lowest BCUT2D eigenvalue weighted by Crippen LogP contribution is -2.48. The first kappa shape index (κ1) is 22.5. The summed E-state index contributed by atoms with van der Waals surface area (Å²) >= 11 is 0. The quantitative estimate of drug-likeness (QED) is 0.558. The van der Waals surface area contributed by atoms with Crippen molar-refractivity contribution in [2.45, 2.75) is 33.4 Å². The van der Waals surface area contributed by atoms with Gasteiger partial charge < -0.3 is 9.42 Å². The van der Waals surface area contributed by atoms with Crippen molar-refractivity contribution in [1.29, 1.82) is 0 Å². The van der Waals surface area contributed by atoms with E-state index in [1.807, 2.05) is 56.3 Å². The largest absolute Gasteiger partial charge is 0.337 e. The van der Waals surface area contributed by atoms with E-state index in [-0.39, 0.29) is 18.3 Å². The molecule has 0 saturated carbocycles. The van der Waals surface area contributed by atoms with Gasteiger partial charge in [0.15, 0.2) is 0 Å². The molecule has 31 heavy (non-hydrogen) atoms. The van der Waals surface area contributed by atoms with Crippen molar-refractivity contribution >= 4 is 21.6 Å². The van der Waals surface area contributed by atoms with Crippen LogP contribution in [0.5, 0.6) is 0 Å². The minimum atomic E-state index is -3.71. The van der Waals surface area contributed by atoms with Crippen LogP contribution in [0.3, 0.4) is 0 Å². The third kappa shape index (κ3) is 5.11. The average molecular weight is 443 g/mol. The van der Waals surface area contributed by atoms with E-state index in [0.717, 1.165) is 27.3 Å². The minimum absolute atomic E-state index is 0.0629. The van der Waals surface area contributed by atoms with Gasteiger partial charge in [0.25, 0.3) is 0 Å². The number of carbonyl (C=O) groups excluding carboxylic acids is 1. The monoisotopic (exact) mass is 442 g/mol. The molecule has 0 aliphatic rings. The van der Waals surface area contributed by atoms with Crippen LogP contribution < -0.4 is 4.31 Å². The van der Waals surface area contributed by atoms with E-state index in [9.17, 15) is 13.2 Å². The molecule has 0 aliphatic heterocycles. The number of likely N-dealkylation sites (N-methyl/N-ethyl adjacent to an activating group) is 1. The fraction of sp³-hybridized carbons (Fsp3) is 0.318. The molecular formula is C22H26N4O4S. The number of rotatable bonds is 7. The van der Waals surface area contributed by atoms with Gasteiger partial charge in [-0.25, -0.2) is 8.42 Å². The summed E-state index contributed by atoms with van der Waals surface area (Å²) in [5.74, 6) is 0.308. The molecule has 1 heterocycles. The van der Waals surface area contributed by atoms with Crippen LogP contribution in [-0.4, -0.2) is 48.7 Å². The summed E-state index contributed by atoms with van der Waals surface area (Å²) < 4.78 is 31.6. The first-order valence-corrected chi connectivity index (χ1v) is 11.6. The number of sulfonamides is 1. The molecule has 9 heteroatoms. The lowest BCUT2D eigenvalue weighted by Gasteiger charge is -2.31. The molecule has 3 rings (SSSR count). The number of aryl methyl sites for hydroxylation is 2. The van der Waals surface area contributed by atoms with Gasteiger partial charge in [0.2, 0.25) is 27.6 Å². The van der Waals surface area contributed by atoms with Crippen molar-refractivity contribution in [3.05, 3.63) is 65.5 Å². The highest BCUT2D eigenvalue weighted by atomic mass is 32.2. The number of hydrogen-bond donors (Lipinski definition) is 0. The zero-order valence-electron chi connectivity index (χ0n) is 18.2. The van der Waals surface area contributed by atoms with Gasteiger partial charge in [0, 0.05) is 12.6 Å². The van der Waals surface area contributed by atoms with Gasteiger partial charge in [0.05, 0.1) is 18.5 Å². The highest BCUT2D eigenvalue weighted by Gasteiger charge is 2.32. The van der Waals surface area contributed by atoms with Gasteiger partial charge in [-0.1, -0.05) is 47.6 Å². The van der Waals surface area contributed by atoms with Crippen LogP contribution in [0.1, 0.15) is 23.9 Å². The van der Waals surface area contributed by atoms with Gasteiger partial charge in [-0.3, -0.25) is 9.10 Å². The number of anilines is 1. The topological polar surface area (TPSA) is 96.6 Å². The molecule has 1 aromatic heterocycles. The molecule has 0 unspecified atom stereocenters. The zero-order valence-corrected chi connectivity index (χ0v) is 19.0. The van der Waals surface area contributed by atoms with Crippen molar-refractivity contribution in [1.82, 2.24) is 15.0 Å². The standard InChI is InChI=1S/C22H26N4O4S/c1-15-11-12-16(2)19(13-15)26(31(5,28)29)17(3)22(27)25(4)14-20-23-21(24-30-20)18-9-7-6-8-10-18/h6-13,17H,14H2,1-5H3/t17-/m0/s1. The van der Waals surface area contributed by atoms with Crippen molar-refractivity contribution in [3.63, 3.8) is 0 Å². The first-order valence-electron chi connectivity index (χ1n) is 9.77. The number of benzene rings is 2. The Morgan fingerprint density at radius 2 is 1.81 bits per heavy atom. The van der Waals surface area contributed by atoms with Crippen LogP contribution in [0, 0.1) is 13.8 Å². The maximum Gasteiger partial charge on any atom is 0.246 e. The second-order valence-electron chi connectivity index (χ2n) is 7.60. The Balaban J connectivity index is 1.81. The van der Waals surface area contributed by atoms with E-state index in [0.29, 0.717) is 11.5 Å². The molecule has 8 nitrogen and oxygen atoms in total. The highest BCUT2D eigenvalue weighted by molar-refractivity contribution is 7.92. The molecule has 0 fully saturated rings. The van der Waals surface area contributed by atoms with Gasteiger partial charge >= 0.3 is 0 Å². The number of amides is 1. The summed E-state index contributed by atoms with van der Waals surface area (Å²) in [6.07, 6.45) is 1.10. The highest BCUT2D eigenvalue weighted by Crippen LogP contribution is 2.27. The SMILES string of the molecule is Cc1ccc(C)c(N([C@@H](C)C(=O)N(C)Cc2nc(-c3ccccc3)no2)S(C)(=O)=O)c1. The number of hydrogen-bond acceptors (Lipinski definition) is 6. The molecule has 0 N–H and O–H groups in total. The van der Waals surface area contributed by atoms with E-state index < -0.39 is 16.1 Å². The second-order valence-corrected chi connectivity index (χ2v) is 9.46. The smallest absolute Gasteiger partial charge is 0.246 e. The van der Waals surface area contributed by atoms with Crippen LogP contribution in [-0.2, 0) is 21.4 Å². The Morgan fingerprint density at radius 1 is 1.13 bits per heavy atom. The van der Waals surface area contributed by atoms with Crippen LogP contribution in [0.25, 0.3) is 11.4 Å². The fourth-order valence-corrected chi connectivity index (χ4v) is 4.57. The Labute approximate surface area is 182 Å². The third-order valence-corrected chi connectivity index (χ3v) is 6.14. The zero-order chi connectivity index (χ0) is 22.8. The maximum absolute atomic E-state index is 13.1. The molecule has 1 atom stereocenters. The summed E-state index contributed by atoms with van der Waals surface area (Å²) in [7, 11) is -2.13. The molecule has 0 radical (unpaired) electrons. The normalized spacial score (nSPS) is 12.4. The third-order valence-electron chi connectivity index (χ3n) is 4.92. The fourth-order valence-electron chi connectivity index (χ4n) is 3.35. The molecule has 3 aromatic rings. The van der Waals surface area contributed by atoms with Gasteiger partial charge in [-0.05, 0) is 38.0 Å². The van der Waals surface area contributed by atoms with Crippen molar-refractivity contribution < 1.29 is 17.7 Å². The molecule has 0 bridgehead atoms. The van der Waals surface area contributed by atoms with Crippen LogP contribution in [0.15, 0.2) is 53.1 Å². The van der Waals surface area contributed by atoms with Crippen molar-refractivity contribution in [3.8, 4) is 11.4 Å². The molecule has 0 saturated heterocycles. The summed E-state index contributed by atoms with van der Waals surface area (Å²) in [6, 6.07) is 13.9. The first-order chi connectivity index (χ1) is 14.6. The Hall–Kier alpha value is -3.20. The van der Waals surface area contributed by atoms with Crippen LogP contribution in [0.2, 0.25) is 0 Å². The van der Waals surface area contributed by atoms with Gasteiger partial charge in [-0.2, -0.15) is 4.98 Å². The van der Waals surface area contributed by atoms with E-state index in [1.165, 1.54) is 4.90 Å². The number of aromatic nitrogens is 2. The number of carbonyl (C=O) groups is 1. The second kappa shape index (κ2) is 8.89. The van der Waals surface area contributed by atoms with E-state index in [1.54, 1.807) is 20.0 Å². The van der Waals surface area contributed by atoms with Crippen molar-refractivity contribution in [2.24, 2.45) is 0 Å². The molecular weight excluding hydrogens is 416 g/mol. The minimum Gasteiger partial charge on any atom is -0.337 e. The van der Waals surface area contributed by atoms with E-state index in [4.69, 9.17) is 4.52 Å². The summed E-state index contributed by atoms with van der Waals surface area (Å²) in [5.41, 5.74) is 2.96. The van der Waals surface area contributed by atoms with E-state index >= 15 is 0 Å². The molecule has 1 amide bonds.